The zero-order valence-corrected chi connectivity index (χ0v) is 20.4. The van der Waals surface area contributed by atoms with E-state index in [0.29, 0.717) is 13.0 Å². The van der Waals surface area contributed by atoms with Gasteiger partial charge in [-0.1, -0.05) is 42.5 Å². The number of nitrogens with one attached hydrogen (secondary N) is 2. The van der Waals surface area contributed by atoms with E-state index in [1.54, 1.807) is 19.1 Å². The van der Waals surface area contributed by atoms with Gasteiger partial charge in [0.1, 0.15) is 11.8 Å². The van der Waals surface area contributed by atoms with Crippen molar-refractivity contribution in [2.75, 3.05) is 13.1 Å². The SMILES string of the molecule is CCN(C(=O)CNC(=O)[C@@H](C)NC(=O)[C@@H](N)Cc1ccc(O)cc1)C(Cc1ccccc1)C(C)=O. The molecule has 35 heavy (non-hydrogen) atoms. The Labute approximate surface area is 205 Å². The average Bonchev–Trinajstić information content (AvgIpc) is 2.84. The number of phenols is 1. The highest BCUT2D eigenvalue weighted by Crippen LogP contribution is 2.12. The van der Waals surface area contributed by atoms with E-state index < -0.39 is 29.9 Å². The fourth-order valence-electron chi connectivity index (χ4n) is 3.66. The van der Waals surface area contributed by atoms with Crippen molar-refractivity contribution in [2.45, 2.75) is 51.7 Å². The van der Waals surface area contributed by atoms with Crippen LogP contribution < -0.4 is 16.4 Å². The molecule has 0 saturated carbocycles. The lowest BCUT2D eigenvalue weighted by Crippen LogP contribution is -2.53. The number of benzene rings is 2. The number of amides is 3. The summed E-state index contributed by atoms with van der Waals surface area (Å²) in [6.07, 6.45) is 0.618. The molecular formula is C26H34N4O5. The van der Waals surface area contributed by atoms with Gasteiger partial charge in [0.15, 0.2) is 5.78 Å². The number of Topliss-reactive ketones (excluding diaryl/α,β-unsaturated/α-hetero) is 1. The van der Waals surface area contributed by atoms with Gasteiger partial charge >= 0.3 is 0 Å². The third-order valence-corrected chi connectivity index (χ3v) is 5.67. The van der Waals surface area contributed by atoms with Crippen LogP contribution in [0.25, 0.3) is 0 Å². The highest BCUT2D eigenvalue weighted by atomic mass is 16.3. The number of carbonyl (C=O) groups is 4. The minimum Gasteiger partial charge on any atom is -0.508 e. The van der Waals surface area contributed by atoms with Crippen LogP contribution in [-0.4, -0.2) is 64.7 Å². The smallest absolute Gasteiger partial charge is 0.242 e. The predicted molar refractivity (Wildman–Crippen MR) is 132 cm³/mol. The summed E-state index contributed by atoms with van der Waals surface area (Å²) < 4.78 is 0. The fraction of sp³-hybridized carbons (Fsp3) is 0.385. The van der Waals surface area contributed by atoms with Gasteiger partial charge < -0.3 is 26.4 Å². The Morgan fingerprint density at radius 2 is 1.54 bits per heavy atom. The van der Waals surface area contributed by atoms with E-state index in [2.05, 4.69) is 10.6 Å². The summed E-state index contributed by atoms with van der Waals surface area (Å²) in [4.78, 5) is 51.4. The highest BCUT2D eigenvalue weighted by molar-refractivity contribution is 5.93. The topological polar surface area (TPSA) is 142 Å². The first-order chi connectivity index (χ1) is 16.6. The summed E-state index contributed by atoms with van der Waals surface area (Å²) in [6, 6.07) is 13.3. The molecule has 5 N–H and O–H groups in total. The van der Waals surface area contributed by atoms with Crippen LogP contribution in [0.1, 0.15) is 31.9 Å². The molecule has 0 radical (unpaired) electrons. The highest BCUT2D eigenvalue weighted by Gasteiger charge is 2.27. The van der Waals surface area contributed by atoms with Gasteiger partial charge in [-0.2, -0.15) is 0 Å². The molecule has 188 valence electrons. The maximum atomic E-state index is 12.8. The number of likely N-dealkylation sites (N-methyl/N-ethyl adjacent to an activating group) is 1. The van der Waals surface area contributed by atoms with E-state index in [1.807, 2.05) is 30.3 Å². The van der Waals surface area contributed by atoms with Gasteiger partial charge in [0.05, 0.1) is 18.6 Å². The minimum atomic E-state index is -0.913. The summed E-state index contributed by atoms with van der Waals surface area (Å²) in [7, 11) is 0. The molecule has 9 nitrogen and oxygen atoms in total. The Morgan fingerprint density at radius 1 is 0.943 bits per heavy atom. The molecule has 9 heteroatoms. The van der Waals surface area contributed by atoms with Crippen LogP contribution in [0.4, 0.5) is 0 Å². The van der Waals surface area contributed by atoms with Crippen molar-refractivity contribution in [1.82, 2.24) is 15.5 Å². The molecule has 0 spiro atoms. The van der Waals surface area contributed by atoms with Crippen molar-refractivity contribution in [3.05, 3.63) is 65.7 Å². The van der Waals surface area contributed by atoms with E-state index in [4.69, 9.17) is 5.73 Å². The maximum absolute atomic E-state index is 12.8. The number of nitrogens with zero attached hydrogens (tertiary/aromatic N) is 1. The van der Waals surface area contributed by atoms with Crippen LogP contribution in [0.3, 0.4) is 0 Å². The van der Waals surface area contributed by atoms with Crippen LogP contribution in [0.5, 0.6) is 5.75 Å². The number of phenolic OH excluding ortho intramolecular Hbond substituents is 1. The van der Waals surface area contributed by atoms with Gasteiger partial charge in [0, 0.05) is 6.54 Å². The van der Waals surface area contributed by atoms with Gasteiger partial charge in [0.2, 0.25) is 17.7 Å². The first-order valence-electron chi connectivity index (χ1n) is 11.6. The maximum Gasteiger partial charge on any atom is 0.242 e. The molecule has 0 aliphatic rings. The van der Waals surface area contributed by atoms with Crippen molar-refractivity contribution in [3.8, 4) is 5.75 Å². The van der Waals surface area contributed by atoms with Crippen molar-refractivity contribution < 1.29 is 24.3 Å². The second-order valence-electron chi connectivity index (χ2n) is 8.42. The molecule has 0 saturated heterocycles. The van der Waals surface area contributed by atoms with Crippen LogP contribution in [0, 0.1) is 0 Å². The van der Waals surface area contributed by atoms with E-state index in [-0.39, 0.29) is 30.4 Å². The quantitative estimate of drug-likeness (QED) is 0.355. The summed E-state index contributed by atoms with van der Waals surface area (Å²) >= 11 is 0. The number of nitrogens with two attached hydrogens (primary N) is 1. The molecule has 0 bridgehead atoms. The molecule has 0 fully saturated rings. The summed E-state index contributed by atoms with van der Waals surface area (Å²) in [5.74, 6) is -1.47. The zero-order chi connectivity index (χ0) is 26.0. The molecule has 0 aliphatic carbocycles. The van der Waals surface area contributed by atoms with E-state index in [9.17, 15) is 24.3 Å². The Kier molecular flexibility index (Phi) is 10.4. The van der Waals surface area contributed by atoms with E-state index in [0.717, 1.165) is 11.1 Å². The molecule has 0 aromatic heterocycles. The van der Waals surface area contributed by atoms with E-state index in [1.165, 1.54) is 30.9 Å². The van der Waals surface area contributed by atoms with Gasteiger partial charge in [-0.25, -0.2) is 0 Å². The molecule has 2 aromatic carbocycles. The fourth-order valence-corrected chi connectivity index (χ4v) is 3.66. The zero-order valence-electron chi connectivity index (χ0n) is 20.4. The van der Waals surface area contributed by atoms with Gasteiger partial charge in [-0.3, -0.25) is 19.2 Å². The third-order valence-electron chi connectivity index (χ3n) is 5.67. The lowest BCUT2D eigenvalue weighted by molar-refractivity contribution is -0.139. The lowest BCUT2D eigenvalue weighted by Gasteiger charge is -2.29. The Bertz CT molecular complexity index is 1010. The second-order valence-corrected chi connectivity index (χ2v) is 8.42. The van der Waals surface area contributed by atoms with Gasteiger partial charge in [0.25, 0.3) is 0 Å². The molecule has 2 rings (SSSR count). The Morgan fingerprint density at radius 3 is 2.11 bits per heavy atom. The molecule has 1 unspecified atom stereocenters. The number of hydrogen-bond donors (Lipinski definition) is 4. The van der Waals surface area contributed by atoms with E-state index >= 15 is 0 Å². The Hall–Kier alpha value is -3.72. The summed E-state index contributed by atoms with van der Waals surface area (Å²) in [5.41, 5.74) is 7.64. The van der Waals surface area contributed by atoms with Crippen molar-refractivity contribution >= 4 is 23.5 Å². The van der Waals surface area contributed by atoms with Gasteiger partial charge in [-0.15, -0.1) is 0 Å². The Balaban J connectivity index is 1.89. The van der Waals surface area contributed by atoms with Crippen LogP contribution in [-0.2, 0) is 32.0 Å². The average molecular weight is 483 g/mol. The van der Waals surface area contributed by atoms with Crippen molar-refractivity contribution in [1.29, 1.82) is 0 Å². The van der Waals surface area contributed by atoms with Crippen LogP contribution in [0.15, 0.2) is 54.6 Å². The third kappa shape index (κ3) is 8.53. The monoisotopic (exact) mass is 482 g/mol. The van der Waals surface area contributed by atoms with Crippen LogP contribution in [0.2, 0.25) is 0 Å². The number of carbonyl (C=O) groups excluding carboxylic acids is 4. The van der Waals surface area contributed by atoms with Crippen molar-refractivity contribution in [3.63, 3.8) is 0 Å². The second kappa shape index (κ2) is 13.2. The first-order valence-corrected chi connectivity index (χ1v) is 11.6. The lowest BCUT2D eigenvalue weighted by atomic mass is 10.0. The number of aromatic hydroxyl groups is 1. The number of hydrogen-bond acceptors (Lipinski definition) is 6. The minimum absolute atomic E-state index is 0.114. The normalized spacial score (nSPS) is 13.3. The molecule has 0 heterocycles. The molecular weight excluding hydrogens is 448 g/mol. The summed E-state index contributed by atoms with van der Waals surface area (Å²) in [5, 5.41) is 14.4. The first kappa shape index (κ1) is 27.5. The predicted octanol–water partition coefficient (Wildman–Crippen LogP) is 0.932. The number of rotatable bonds is 12. The largest absolute Gasteiger partial charge is 0.508 e. The molecule has 0 aliphatic heterocycles. The molecule has 3 atom stereocenters. The number of ketones is 1. The van der Waals surface area contributed by atoms with Gasteiger partial charge in [-0.05, 0) is 56.9 Å². The van der Waals surface area contributed by atoms with Crippen LogP contribution >= 0.6 is 0 Å². The standard InChI is InChI=1S/C26H34N4O5/c1-4-30(23(18(3)31)15-19-8-6-5-7-9-19)24(33)16-28-25(34)17(2)29-26(35)22(27)14-20-10-12-21(32)13-11-20/h5-13,17,22-23,32H,4,14-16,27H2,1-3H3,(H,28,34)(H,29,35)/t17-,22+,23?/m1/s1. The van der Waals surface area contributed by atoms with Crippen molar-refractivity contribution in [2.24, 2.45) is 5.73 Å². The molecule has 3 amide bonds. The molecule has 2 aromatic rings. The summed E-state index contributed by atoms with van der Waals surface area (Å²) in [6.45, 7) is 4.73.